The van der Waals surface area contributed by atoms with E-state index in [9.17, 15) is 9.59 Å². The molecule has 0 fully saturated rings. The van der Waals surface area contributed by atoms with E-state index in [0.717, 1.165) is 0 Å². The lowest BCUT2D eigenvalue weighted by atomic mass is 10.2. The number of anilines is 3. The van der Waals surface area contributed by atoms with Crippen molar-refractivity contribution in [2.24, 2.45) is 0 Å². The second kappa shape index (κ2) is 8.42. The number of rotatable bonds is 5. The fourth-order valence-corrected chi connectivity index (χ4v) is 2.38. The van der Waals surface area contributed by atoms with Crippen LogP contribution in [0.3, 0.4) is 0 Å². The van der Waals surface area contributed by atoms with E-state index in [0.29, 0.717) is 28.3 Å². The molecule has 138 valence electrons. The molecule has 8 heteroatoms. The quantitative estimate of drug-likeness (QED) is 0.660. The summed E-state index contributed by atoms with van der Waals surface area (Å²) in [6, 6.07) is 18.5. The number of para-hydroxylation sites is 1. The van der Waals surface area contributed by atoms with E-state index in [1.807, 2.05) is 0 Å². The minimum Gasteiger partial charge on any atom is -0.465 e. The van der Waals surface area contributed by atoms with Crippen molar-refractivity contribution in [3.8, 4) is 6.07 Å². The average molecular weight is 373 g/mol. The zero-order chi connectivity index (χ0) is 19.9. The maximum Gasteiger partial charge on any atom is 0.337 e. The van der Waals surface area contributed by atoms with Crippen LogP contribution in [-0.4, -0.2) is 29.2 Å². The van der Waals surface area contributed by atoms with E-state index in [1.54, 1.807) is 48.5 Å². The molecule has 0 radical (unpaired) electrons. The van der Waals surface area contributed by atoms with Gasteiger partial charge in [-0.05, 0) is 42.5 Å². The molecule has 0 saturated heterocycles. The maximum atomic E-state index is 12.3. The van der Waals surface area contributed by atoms with Gasteiger partial charge in [0.15, 0.2) is 11.5 Å². The Labute approximate surface area is 160 Å². The van der Waals surface area contributed by atoms with Crippen LogP contribution >= 0.6 is 0 Å². The number of esters is 1. The molecule has 1 heterocycles. The fourth-order valence-electron chi connectivity index (χ4n) is 2.38. The van der Waals surface area contributed by atoms with E-state index < -0.39 is 11.9 Å². The number of amides is 1. The van der Waals surface area contributed by atoms with Crippen LogP contribution in [0, 0.1) is 11.3 Å². The molecule has 3 aromatic rings. The number of hydrogen-bond acceptors (Lipinski definition) is 7. The Morgan fingerprint density at radius 1 is 1.04 bits per heavy atom. The van der Waals surface area contributed by atoms with Gasteiger partial charge in [-0.15, -0.1) is 10.2 Å². The Bertz CT molecular complexity index is 1060. The Balaban J connectivity index is 1.70. The number of aromatic nitrogens is 2. The molecule has 1 aromatic heterocycles. The molecule has 0 aliphatic heterocycles. The highest BCUT2D eigenvalue weighted by Gasteiger charge is 2.11. The normalized spacial score (nSPS) is 9.86. The molecule has 1 amide bonds. The average Bonchev–Trinajstić information content (AvgIpc) is 2.74. The largest absolute Gasteiger partial charge is 0.465 e. The van der Waals surface area contributed by atoms with Gasteiger partial charge in [0, 0.05) is 5.69 Å². The van der Waals surface area contributed by atoms with Crippen LogP contribution in [-0.2, 0) is 4.74 Å². The van der Waals surface area contributed by atoms with Crippen molar-refractivity contribution in [2.45, 2.75) is 0 Å². The van der Waals surface area contributed by atoms with Gasteiger partial charge in [-0.2, -0.15) is 5.26 Å². The molecule has 0 bridgehead atoms. The van der Waals surface area contributed by atoms with Crippen molar-refractivity contribution in [2.75, 3.05) is 17.7 Å². The zero-order valence-electron chi connectivity index (χ0n) is 14.8. The van der Waals surface area contributed by atoms with Gasteiger partial charge >= 0.3 is 5.97 Å². The molecule has 28 heavy (non-hydrogen) atoms. The number of carbonyl (C=O) groups is 2. The predicted octanol–water partition coefficient (Wildman–Crippen LogP) is 3.13. The molecule has 0 atom stereocenters. The number of nitrogens with one attached hydrogen (secondary N) is 2. The lowest BCUT2D eigenvalue weighted by molar-refractivity contribution is 0.0600. The highest BCUT2D eigenvalue weighted by molar-refractivity contribution is 6.03. The molecule has 8 nitrogen and oxygen atoms in total. The van der Waals surface area contributed by atoms with Gasteiger partial charge in [0.25, 0.3) is 5.91 Å². The molecule has 0 unspecified atom stereocenters. The predicted molar refractivity (Wildman–Crippen MR) is 102 cm³/mol. The molecular weight excluding hydrogens is 358 g/mol. The van der Waals surface area contributed by atoms with Gasteiger partial charge in [-0.3, -0.25) is 4.79 Å². The second-order valence-corrected chi connectivity index (χ2v) is 5.61. The van der Waals surface area contributed by atoms with Gasteiger partial charge in [0.1, 0.15) is 6.07 Å². The van der Waals surface area contributed by atoms with Crippen molar-refractivity contribution >= 4 is 29.1 Å². The first-order valence-corrected chi connectivity index (χ1v) is 8.20. The number of nitriles is 1. The number of methoxy groups -OCH3 is 1. The number of carbonyl (C=O) groups excluding carboxylic acids is 2. The number of benzene rings is 2. The third kappa shape index (κ3) is 4.28. The molecule has 0 aliphatic carbocycles. The third-order valence-corrected chi connectivity index (χ3v) is 3.75. The van der Waals surface area contributed by atoms with Crippen molar-refractivity contribution in [1.29, 1.82) is 5.26 Å². The molecule has 2 N–H and O–H groups in total. The van der Waals surface area contributed by atoms with E-state index in [-0.39, 0.29) is 5.69 Å². The number of ether oxygens (including phenoxy) is 1. The number of nitrogens with zero attached hydrogens (tertiary/aromatic N) is 3. The molecule has 0 aliphatic rings. The van der Waals surface area contributed by atoms with Gasteiger partial charge in [0.2, 0.25) is 0 Å². The summed E-state index contributed by atoms with van der Waals surface area (Å²) in [5, 5.41) is 22.6. The van der Waals surface area contributed by atoms with Crippen LogP contribution < -0.4 is 10.6 Å². The van der Waals surface area contributed by atoms with Crippen LogP contribution in [0.5, 0.6) is 0 Å². The van der Waals surface area contributed by atoms with E-state index in [2.05, 4.69) is 31.6 Å². The van der Waals surface area contributed by atoms with Crippen molar-refractivity contribution in [3.05, 3.63) is 77.5 Å². The van der Waals surface area contributed by atoms with E-state index in [4.69, 9.17) is 5.26 Å². The Morgan fingerprint density at radius 2 is 1.86 bits per heavy atom. The summed E-state index contributed by atoms with van der Waals surface area (Å²) >= 11 is 0. The summed E-state index contributed by atoms with van der Waals surface area (Å²) < 4.78 is 4.66. The zero-order valence-corrected chi connectivity index (χ0v) is 14.8. The molecule has 0 saturated carbocycles. The van der Waals surface area contributed by atoms with Crippen molar-refractivity contribution in [1.82, 2.24) is 10.2 Å². The molecular formula is C20H15N5O3. The first-order valence-electron chi connectivity index (χ1n) is 8.20. The first-order chi connectivity index (χ1) is 13.6. The highest BCUT2D eigenvalue weighted by Crippen LogP contribution is 2.18. The minimum absolute atomic E-state index is 0.0996. The standard InChI is InChI=1S/C20H15N5O3/c1-28-20(27)13-6-4-7-15(11-13)22-19(26)17-9-10-18(25-24-17)23-16-8-3-2-5-14(16)12-21/h2-11H,1H3,(H,22,26)(H,23,25). The lowest BCUT2D eigenvalue weighted by Gasteiger charge is -2.08. The monoisotopic (exact) mass is 373 g/mol. The minimum atomic E-state index is -0.496. The summed E-state index contributed by atoms with van der Waals surface area (Å²) in [4.78, 5) is 23.9. The molecule has 0 spiro atoms. The molecule has 2 aromatic carbocycles. The first kappa shape index (κ1) is 18.5. The Hall–Kier alpha value is -4.25. The fraction of sp³-hybridized carbons (Fsp3) is 0.0500. The van der Waals surface area contributed by atoms with Gasteiger partial charge in [-0.25, -0.2) is 4.79 Å². The van der Waals surface area contributed by atoms with Crippen LogP contribution in [0.4, 0.5) is 17.2 Å². The van der Waals surface area contributed by atoms with Gasteiger partial charge in [0.05, 0.1) is 23.9 Å². The lowest BCUT2D eigenvalue weighted by Crippen LogP contribution is -2.15. The SMILES string of the molecule is COC(=O)c1cccc(NC(=O)c2ccc(Nc3ccccc3C#N)nn2)c1. The summed E-state index contributed by atoms with van der Waals surface area (Å²) in [6.45, 7) is 0. The second-order valence-electron chi connectivity index (χ2n) is 5.61. The topological polar surface area (TPSA) is 117 Å². The summed E-state index contributed by atoms with van der Waals surface area (Å²) in [5.74, 6) is -0.575. The van der Waals surface area contributed by atoms with Crippen molar-refractivity contribution in [3.63, 3.8) is 0 Å². The van der Waals surface area contributed by atoms with Crippen LogP contribution in [0.25, 0.3) is 0 Å². The van der Waals surface area contributed by atoms with Crippen LogP contribution in [0.2, 0.25) is 0 Å². The summed E-state index contributed by atoms with van der Waals surface area (Å²) in [6.07, 6.45) is 0. The number of hydrogen-bond donors (Lipinski definition) is 2. The maximum absolute atomic E-state index is 12.3. The summed E-state index contributed by atoms with van der Waals surface area (Å²) in [7, 11) is 1.29. The van der Waals surface area contributed by atoms with Gasteiger partial charge in [-0.1, -0.05) is 18.2 Å². The van der Waals surface area contributed by atoms with E-state index in [1.165, 1.54) is 19.2 Å². The summed E-state index contributed by atoms with van der Waals surface area (Å²) in [5.41, 5.74) is 1.91. The smallest absolute Gasteiger partial charge is 0.337 e. The van der Waals surface area contributed by atoms with Gasteiger partial charge < -0.3 is 15.4 Å². The van der Waals surface area contributed by atoms with Crippen LogP contribution in [0.15, 0.2) is 60.7 Å². The van der Waals surface area contributed by atoms with Crippen LogP contribution in [0.1, 0.15) is 26.4 Å². The Morgan fingerprint density at radius 3 is 2.57 bits per heavy atom. The third-order valence-electron chi connectivity index (χ3n) is 3.75. The Kier molecular flexibility index (Phi) is 5.58. The van der Waals surface area contributed by atoms with E-state index >= 15 is 0 Å². The van der Waals surface area contributed by atoms with Crippen molar-refractivity contribution < 1.29 is 14.3 Å². The highest BCUT2D eigenvalue weighted by atomic mass is 16.5. The molecule has 3 rings (SSSR count).